The van der Waals surface area contributed by atoms with Crippen molar-refractivity contribution in [2.75, 3.05) is 18.0 Å². The zero-order valence-electron chi connectivity index (χ0n) is 15.3. The lowest BCUT2D eigenvalue weighted by atomic mass is 9.81. The zero-order chi connectivity index (χ0) is 16.3. The van der Waals surface area contributed by atoms with Gasteiger partial charge in [0.1, 0.15) is 0 Å². The highest BCUT2D eigenvalue weighted by atomic mass is 15.1. The van der Waals surface area contributed by atoms with Crippen molar-refractivity contribution in [3.05, 3.63) is 42.0 Å². The molecule has 1 nitrogen and oxygen atoms in total. The average Bonchev–Trinajstić information content (AvgIpc) is 2.61. The second-order valence-electron chi connectivity index (χ2n) is 6.95. The molecule has 23 heavy (non-hydrogen) atoms. The van der Waals surface area contributed by atoms with Crippen molar-refractivity contribution < 1.29 is 0 Å². The van der Waals surface area contributed by atoms with Crippen molar-refractivity contribution in [2.45, 2.75) is 71.6 Å². The van der Waals surface area contributed by atoms with Crippen molar-refractivity contribution in [2.24, 2.45) is 5.92 Å². The normalized spacial score (nSPS) is 16.5. The predicted molar refractivity (Wildman–Crippen MR) is 103 cm³/mol. The molecule has 0 saturated heterocycles. The van der Waals surface area contributed by atoms with Crippen molar-refractivity contribution in [1.82, 2.24) is 0 Å². The number of para-hydroxylation sites is 1. The molecular formula is C22H35N. The molecule has 1 aromatic rings. The SMILES string of the molecule is CC/C=C(\CCCN(CCC)c1ccccc1)C1CCCCC1. The van der Waals surface area contributed by atoms with Gasteiger partial charge in [0.2, 0.25) is 0 Å². The molecule has 0 amide bonds. The van der Waals surface area contributed by atoms with E-state index in [9.17, 15) is 0 Å². The average molecular weight is 314 g/mol. The molecule has 1 aliphatic rings. The Kier molecular flexibility index (Phi) is 8.28. The quantitative estimate of drug-likeness (QED) is 0.464. The minimum absolute atomic E-state index is 0.889. The summed E-state index contributed by atoms with van der Waals surface area (Å²) in [7, 11) is 0. The molecule has 1 heteroatoms. The summed E-state index contributed by atoms with van der Waals surface area (Å²) < 4.78 is 0. The highest BCUT2D eigenvalue weighted by Crippen LogP contribution is 2.32. The second-order valence-corrected chi connectivity index (χ2v) is 6.95. The lowest BCUT2D eigenvalue weighted by Gasteiger charge is -2.27. The van der Waals surface area contributed by atoms with Gasteiger partial charge in [0.25, 0.3) is 0 Å². The van der Waals surface area contributed by atoms with Gasteiger partial charge in [-0.2, -0.15) is 0 Å². The highest BCUT2D eigenvalue weighted by Gasteiger charge is 2.17. The molecule has 1 saturated carbocycles. The van der Waals surface area contributed by atoms with Gasteiger partial charge >= 0.3 is 0 Å². The van der Waals surface area contributed by atoms with Crippen LogP contribution in [0.15, 0.2) is 42.0 Å². The maximum Gasteiger partial charge on any atom is 0.0366 e. The van der Waals surface area contributed by atoms with Gasteiger partial charge in [-0.25, -0.2) is 0 Å². The third-order valence-corrected chi connectivity index (χ3v) is 5.10. The van der Waals surface area contributed by atoms with Gasteiger partial charge in [-0.15, -0.1) is 0 Å². The van der Waals surface area contributed by atoms with E-state index in [-0.39, 0.29) is 0 Å². The van der Waals surface area contributed by atoms with Crippen molar-refractivity contribution >= 4 is 5.69 Å². The monoisotopic (exact) mass is 313 g/mol. The number of benzene rings is 1. The Morgan fingerprint density at radius 1 is 1.04 bits per heavy atom. The van der Waals surface area contributed by atoms with Crippen LogP contribution in [0.4, 0.5) is 5.69 Å². The van der Waals surface area contributed by atoms with Crippen LogP contribution in [-0.2, 0) is 0 Å². The Morgan fingerprint density at radius 3 is 2.43 bits per heavy atom. The third kappa shape index (κ3) is 6.05. The van der Waals surface area contributed by atoms with Crippen LogP contribution in [0.2, 0.25) is 0 Å². The van der Waals surface area contributed by atoms with Crippen molar-refractivity contribution in [3.8, 4) is 0 Å². The molecule has 1 aliphatic carbocycles. The molecule has 0 aliphatic heterocycles. The van der Waals surface area contributed by atoms with Gasteiger partial charge in [-0.3, -0.25) is 0 Å². The van der Waals surface area contributed by atoms with E-state index in [1.165, 1.54) is 76.6 Å². The number of allylic oxidation sites excluding steroid dienone is 2. The summed E-state index contributed by atoms with van der Waals surface area (Å²) in [6.45, 7) is 6.92. The van der Waals surface area contributed by atoms with Crippen LogP contribution in [0.3, 0.4) is 0 Å². The van der Waals surface area contributed by atoms with Crippen molar-refractivity contribution in [1.29, 1.82) is 0 Å². The first kappa shape index (κ1) is 18.1. The molecule has 2 rings (SSSR count). The van der Waals surface area contributed by atoms with Gasteiger partial charge in [0.15, 0.2) is 0 Å². The van der Waals surface area contributed by atoms with Crippen molar-refractivity contribution in [3.63, 3.8) is 0 Å². The number of anilines is 1. The topological polar surface area (TPSA) is 3.24 Å². The van der Waals surface area contributed by atoms with E-state index < -0.39 is 0 Å². The van der Waals surface area contributed by atoms with Gasteiger partial charge < -0.3 is 4.90 Å². The molecule has 0 radical (unpaired) electrons. The van der Waals surface area contributed by atoms with E-state index in [0.717, 1.165) is 5.92 Å². The Morgan fingerprint density at radius 2 is 1.78 bits per heavy atom. The molecule has 0 N–H and O–H groups in total. The Hall–Kier alpha value is -1.24. The van der Waals surface area contributed by atoms with Crippen LogP contribution in [0.25, 0.3) is 0 Å². The number of rotatable bonds is 9. The summed E-state index contributed by atoms with van der Waals surface area (Å²) in [5.41, 5.74) is 3.14. The number of hydrogen-bond donors (Lipinski definition) is 0. The fourth-order valence-electron chi connectivity index (χ4n) is 3.96. The first-order chi connectivity index (χ1) is 11.3. The minimum Gasteiger partial charge on any atom is -0.372 e. The van der Waals surface area contributed by atoms with Crippen LogP contribution >= 0.6 is 0 Å². The van der Waals surface area contributed by atoms with Crippen LogP contribution in [0.5, 0.6) is 0 Å². The van der Waals surface area contributed by atoms with E-state index in [2.05, 4.69) is 55.2 Å². The van der Waals surface area contributed by atoms with Crippen LogP contribution in [0, 0.1) is 5.92 Å². The molecule has 0 bridgehead atoms. The summed E-state index contributed by atoms with van der Waals surface area (Å²) in [6, 6.07) is 10.9. The minimum atomic E-state index is 0.889. The van der Waals surface area contributed by atoms with Gasteiger partial charge in [0.05, 0.1) is 0 Å². The van der Waals surface area contributed by atoms with Crippen LogP contribution < -0.4 is 4.90 Å². The molecule has 1 aromatic carbocycles. The van der Waals surface area contributed by atoms with E-state index >= 15 is 0 Å². The van der Waals surface area contributed by atoms with Gasteiger partial charge in [0, 0.05) is 18.8 Å². The smallest absolute Gasteiger partial charge is 0.0366 e. The Bertz CT molecular complexity index is 442. The fraction of sp³-hybridized carbons (Fsp3) is 0.636. The van der Waals surface area contributed by atoms with Gasteiger partial charge in [-0.1, -0.05) is 63.0 Å². The Labute approximate surface area is 143 Å². The standard InChI is InChI=1S/C22H35N/c1-3-12-20(21-13-7-5-8-14-21)15-11-19-23(18-4-2)22-16-9-6-10-17-22/h6,9-10,12,16-17,21H,3-5,7-8,11,13-15,18-19H2,1-2H3/b20-12+. The van der Waals surface area contributed by atoms with E-state index in [1.54, 1.807) is 5.57 Å². The maximum absolute atomic E-state index is 2.56. The number of nitrogens with zero attached hydrogens (tertiary/aromatic N) is 1. The summed E-state index contributed by atoms with van der Waals surface area (Å²) >= 11 is 0. The molecule has 128 valence electrons. The molecular weight excluding hydrogens is 278 g/mol. The first-order valence-corrected chi connectivity index (χ1v) is 9.84. The lowest BCUT2D eigenvalue weighted by Crippen LogP contribution is -2.25. The van der Waals surface area contributed by atoms with Crippen LogP contribution in [0.1, 0.15) is 71.6 Å². The summed E-state index contributed by atoms with van der Waals surface area (Å²) in [6.07, 6.45) is 14.7. The molecule has 0 aromatic heterocycles. The molecule has 0 unspecified atom stereocenters. The largest absolute Gasteiger partial charge is 0.372 e. The zero-order valence-corrected chi connectivity index (χ0v) is 15.3. The molecule has 0 spiro atoms. The lowest BCUT2D eigenvalue weighted by molar-refractivity contribution is 0.392. The van der Waals surface area contributed by atoms with Gasteiger partial charge in [-0.05, 0) is 56.6 Å². The summed E-state index contributed by atoms with van der Waals surface area (Å²) in [5, 5.41) is 0. The number of hydrogen-bond acceptors (Lipinski definition) is 1. The molecule has 1 fully saturated rings. The Balaban J connectivity index is 1.87. The summed E-state index contributed by atoms with van der Waals surface area (Å²) in [4.78, 5) is 2.56. The van der Waals surface area contributed by atoms with E-state index in [4.69, 9.17) is 0 Å². The first-order valence-electron chi connectivity index (χ1n) is 9.84. The summed E-state index contributed by atoms with van der Waals surface area (Å²) in [5.74, 6) is 0.889. The maximum atomic E-state index is 2.56. The predicted octanol–water partition coefficient (Wildman–Crippen LogP) is 6.60. The van der Waals surface area contributed by atoms with E-state index in [1.807, 2.05) is 0 Å². The van der Waals surface area contributed by atoms with Crippen LogP contribution in [-0.4, -0.2) is 13.1 Å². The molecule has 0 heterocycles. The highest BCUT2D eigenvalue weighted by molar-refractivity contribution is 5.45. The molecule has 0 atom stereocenters. The second kappa shape index (κ2) is 10.5. The third-order valence-electron chi connectivity index (χ3n) is 5.10. The van der Waals surface area contributed by atoms with E-state index in [0.29, 0.717) is 0 Å². The fourth-order valence-corrected chi connectivity index (χ4v) is 3.96.